The van der Waals surface area contributed by atoms with Crippen LogP contribution in [0.5, 0.6) is 0 Å². The lowest BCUT2D eigenvalue weighted by molar-refractivity contribution is 0.0529. The van der Waals surface area contributed by atoms with Crippen molar-refractivity contribution >= 4 is 21.7 Å². The summed E-state index contributed by atoms with van der Waals surface area (Å²) in [5.74, 6) is 0. The second-order valence-electron chi connectivity index (χ2n) is 4.44. The van der Waals surface area contributed by atoms with Crippen LogP contribution in [0.25, 0.3) is 10.3 Å². The van der Waals surface area contributed by atoms with Crippen LogP contribution < -0.4 is 5.73 Å². The van der Waals surface area contributed by atoms with Crippen LogP contribution >= 0.6 is 11.3 Å². The lowest BCUT2D eigenvalue weighted by atomic mass is 9.81. The highest BCUT2D eigenvalue weighted by Gasteiger charge is 2.36. The summed E-state index contributed by atoms with van der Waals surface area (Å²) in [6.45, 7) is 2.19. The van der Waals surface area contributed by atoms with Crippen molar-refractivity contribution in [1.29, 1.82) is 0 Å². The minimum absolute atomic E-state index is 0.00359. The maximum Gasteiger partial charge on any atom is 0.143 e. The largest absolute Gasteiger partial charge is 0.381 e. The third kappa shape index (κ3) is 1.84. The van der Waals surface area contributed by atoms with Crippen LogP contribution in [0.4, 0.5) is 0 Å². The van der Waals surface area contributed by atoms with E-state index in [2.05, 4.69) is 4.98 Å². The Balaban J connectivity index is 2.05. The molecule has 90 valence electrons. The van der Waals surface area contributed by atoms with E-state index < -0.39 is 0 Å². The van der Waals surface area contributed by atoms with E-state index in [4.69, 9.17) is 15.5 Å². The van der Waals surface area contributed by atoms with Gasteiger partial charge in [0.2, 0.25) is 0 Å². The van der Waals surface area contributed by atoms with Crippen LogP contribution in [0.15, 0.2) is 18.3 Å². The average molecular weight is 249 g/mol. The smallest absolute Gasteiger partial charge is 0.143 e. The topological polar surface area (TPSA) is 61.0 Å². The molecule has 0 aliphatic carbocycles. The van der Waals surface area contributed by atoms with Gasteiger partial charge in [0.15, 0.2) is 0 Å². The lowest BCUT2D eigenvalue weighted by Gasteiger charge is -2.33. The highest BCUT2D eigenvalue weighted by atomic mass is 32.1. The summed E-state index contributed by atoms with van der Waals surface area (Å²) in [6, 6.07) is 3.93. The molecule has 3 heterocycles. The van der Waals surface area contributed by atoms with Crippen LogP contribution in [0.1, 0.15) is 17.8 Å². The summed E-state index contributed by atoms with van der Waals surface area (Å²) >= 11 is 1.67. The standard InChI is InChI=1S/C12H15N3OS/c13-8-12(3-6-16-7-4-12)11-15-9-2-1-5-14-10(9)17-11/h1-2,5H,3-4,6-8,13H2. The second-order valence-corrected chi connectivity index (χ2v) is 5.42. The maximum absolute atomic E-state index is 5.98. The Hall–Kier alpha value is -1.04. The van der Waals surface area contributed by atoms with E-state index >= 15 is 0 Å². The van der Waals surface area contributed by atoms with Gasteiger partial charge in [-0.3, -0.25) is 0 Å². The van der Waals surface area contributed by atoms with Crippen molar-refractivity contribution in [2.24, 2.45) is 5.73 Å². The number of hydrogen-bond donors (Lipinski definition) is 1. The first-order chi connectivity index (χ1) is 8.34. The molecule has 1 aliphatic rings. The highest BCUT2D eigenvalue weighted by molar-refractivity contribution is 7.18. The second kappa shape index (κ2) is 4.33. The van der Waals surface area contributed by atoms with Crippen LogP contribution in [0.2, 0.25) is 0 Å². The van der Waals surface area contributed by atoms with Crippen molar-refractivity contribution in [3.8, 4) is 0 Å². The Kier molecular flexibility index (Phi) is 2.82. The number of rotatable bonds is 2. The van der Waals surface area contributed by atoms with Crippen molar-refractivity contribution in [2.75, 3.05) is 19.8 Å². The zero-order chi connectivity index (χ0) is 11.7. The zero-order valence-corrected chi connectivity index (χ0v) is 10.4. The third-order valence-electron chi connectivity index (χ3n) is 3.46. The van der Waals surface area contributed by atoms with Gasteiger partial charge in [-0.25, -0.2) is 9.97 Å². The molecule has 1 aliphatic heterocycles. The molecule has 0 bridgehead atoms. The normalized spacial score (nSPS) is 19.6. The molecule has 3 rings (SSSR count). The van der Waals surface area contributed by atoms with Gasteiger partial charge < -0.3 is 10.5 Å². The summed E-state index contributed by atoms with van der Waals surface area (Å²) < 4.78 is 5.43. The molecule has 0 aromatic carbocycles. The Morgan fingerprint density at radius 2 is 2.24 bits per heavy atom. The number of thiazole rings is 1. The van der Waals surface area contributed by atoms with Crippen LogP contribution in [0, 0.1) is 0 Å². The van der Waals surface area contributed by atoms with E-state index in [1.807, 2.05) is 18.3 Å². The third-order valence-corrected chi connectivity index (χ3v) is 4.69. The Morgan fingerprint density at radius 3 is 2.94 bits per heavy atom. The molecule has 1 saturated heterocycles. The fourth-order valence-corrected chi connectivity index (χ4v) is 3.43. The van der Waals surface area contributed by atoms with E-state index in [1.54, 1.807) is 11.3 Å². The predicted octanol–water partition coefficient (Wildman–Crippen LogP) is 1.70. The SMILES string of the molecule is NCC1(c2nc3cccnc3s2)CCOCC1. The van der Waals surface area contributed by atoms with E-state index in [9.17, 15) is 0 Å². The molecule has 2 aromatic rings. The quantitative estimate of drug-likeness (QED) is 0.880. The molecule has 5 heteroatoms. The van der Waals surface area contributed by atoms with Crippen molar-refractivity contribution < 1.29 is 4.74 Å². The highest BCUT2D eigenvalue weighted by Crippen LogP contribution is 2.37. The number of nitrogens with two attached hydrogens (primary N) is 1. The molecule has 0 amide bonds. The molecular formula is C12H15N3OS. The van der Waals surface area contributed by atoms with Gasteiger partial charge in [-0.15, -0.1) is 0 Å². The number of ether oxygens (including phenoxy) is 1. The summed E-state index contributed by atoms with van der Waals surface area (Å²) in [6.07, 6.45) is 3.73. The Morgan fingerprint density at radius 1 is 1.41 bits per heavy atom. The van der Waals surface area contributed by atoms with E-state index in [0.29, 0.717) is 6.54 Å². The first-order valence-corrected chi connectivity index (χ1v) is 6.66. The van der Waals surface area contributed by atoms with Gasteiger partial charge in [0.1, 0.15) is 15.4 Å². The summed E-state index contributed by atoms with van der Waals surface area (Å²) in [7, 11) is 0. The monoisotopic (exact) mass is 249 g/mol. The molecule has 0 saturated carbocycles. The van der Waals surface area contributed by atoms with Crippen LogP contribution in [0.3, 0.4) is 0 Å². The molecule has 2 N–H and O–H groups in total. The molecule has 1 fully saturated rings. The lowest BCUT2D eigenvalue weighted by Crippen LogP contribution is -2.40. The molecule has 0 unspecified atom stereocenters. The molecule has 4 nitrogen and oxygen atoms in total. The van der Waals surface area contributed by atoms with Gasteiger partial charge >= 0.3 is 0 Å². The summed E-state index contributed by atoms with van der Waals surface area (Å²) in [5.41, 5.74) is 6.96. The minimum atomic E-state index is 0.00359. The van der Waals surface area contributed by atoms with Crippen molar-refractivity contribution in [3.63, 3.8) is 0 Å². The van der Waals surface area contributed by atoms with E-state index in [0.717, 1.165) is 41.4 Å². The summed E-state index contributed by atoms with van der Waals surface area (Å²) in [4.78, 5) is 10.0. The molecule has 2 aromatic heterocycles. The predicted molar refractivity (Wildman–Crippen MR) is 68.2 cm³/mol. The van der Waals surface area contributed by atoms with Gasteiger partial charge in [0.05, 0.1) is 0 Å². The molecule has 0 radical (unpaired) electrons. The number of nitrogens with zero attached hydrogens (tertiary/aromatic N) is 2. The Bertz CT molecular complexity index is 486. The first-order valence-electron chi connectivity index (χ1n) is 5.84. The van der Waals surface area contributed by atoms with Crippen LogP contribution in [-0.2, 0) is 10.2 Å². The number of hydrogen-bond acceptors (Lipinski definition) is 5. The van der Waals surface area contributed by atoms with Crippen LogP contribution in [-0.4, -0.2) is 29.7 Å². The fourth-order valence-electron chi connectivity index (χ4n) is 2.26. The molecular weight excluding hydrogens is 234 g/mol. The zero-order valence-electron chi connectivity index (χ0n) is 9.56. The number of pyridine rings is 1. The molecule has 0 atom stereocenters. The first kappa shape index (κ1) is 11.1. The maximum atomic E-state index is 5.98. The summed E-state index contributed by atoms with van der Waals surface area (Å²) in [5, 5.41) is 1.12. The Labute approximate surface area is 104 Å². The van der Waals surface area contributed by atoms with E-state index in [-0.39, 0.29) is 5.41 Å². The minimum Gasteiger partial charge on any atom is -0.381 e. The van der Waals surface area contributed by atoms with Gasteiger partial charge in [-0.2, -0.15) is 0 Å². The van der Waals surface area contributed by atoms with Gasteiger partial charge in [0, 0.05) is 31.4 Å². The van der Waals surface area contributed by atoms with Crippen molar-refractivity contribution in [1.82, 2.24) is 9.97 Å². The number of fused-ring (bicyclic) bond motifs is 1. The van der Waals surface area contributed by atoms with Gasteiger partial charge in [-0.05, 0) is 25.0 Å². The van der Waals surface area contributed by atoms with Gasteiger partial charge in [-0.1, -0.05) is 11.3 Å². The van der Waals surface area contributed by atoms with Crippen molar-refractivity contribution in [3.05, 3.63) is 23.3 Å². The molecule has 0 spiro atoms. The van der Waals surface area contributed by atoms with Crippen molar-refractivity contribution in [2.45, 2.75) is 18.3 Å². The van der Waals surface area contributed by atoms with E-state index in [1.165, 1.54) is 0 Å². The number of aromatic nitrogens is 2. The van der Waals surface area contributed by atoms with Gasteiger partial charge in [0.25, 0.3) is 0 Å². The fraction of sp³-hybridized carbons (Fsp3) is 0.500. The molecule has 17 heavy (non-hydrogen) atoms. The average Bonchev–Trinajstić information content (AvgIpc) is 2.84.